The number of piperidine rings is 1. The molecule has 0 aromatic heterocycles. The summed E-state index contributed by atoms with van der Waals surface area (Å²) in [5.74, 6) is 0.772. The van der Waals surface area contributed by atoms with E-state index in [1.807, 2.05) is 0 Å². The zero-order valence-corrected chi connectivity index (χ0v) is 10.6. The molecule has 2 aliphatic rings. The molecule has 2 aliphatic heterocycles. The fourth-order valence-electron chi connectivity index (χ4n) is 2.75. The predicted octanol–water partition coefficient (Wildman–Crippen LogP) is 1.49. The third-order valence-corrected chi connectivity index (χ3v) is 3.85. The van der Waals surface area contributed by atoms with Crippen molar-refractivity contribution in [2.45, 2.75) is 38.6 Å². The molecular formula is C13H26N2O. The van der Waals surface area contributed by atoms with Gasteiger partial charge in [-0.1, -0.05) is 6.92 Å². The average Bonchev–Trinajstić information content (AvgIpc) is 2.82. The molecule has 2 fully saturated rings. The molecule has 0 aromatic rings. The predicted molar refractivity (Wildman–Crippen MR) is 66.7 cm³/mol. The van der Waals surface area contributed by atoms with E-state index in [-0.39, 0.29) is 0 Å². The van der Waals surface area contributed by atoms with Gasteiger partial charge in [0.25, 0.3) is 0 Å². The molecule has 0 aliphatic carbocycles. The van der Waals surface area contributed by atoms with Gasteiger partial charge in [-0.05, 0) is 51.2 Å². The van der Waals surface area contributed by atoms with Crippen LogP contribution >= 0.6 is 0 Å². The highest BCUT2D eigenvalue weighted by Crippen LogP contribution is 2.14. The molecule has 3 heteroatoms. The van der Waals surface area contributed by atoms with Gasteiger partial charge in [-0.3, -0.25) is 0 Å². The zero-order chi connectivity index (χ0) is 11.2. The summed E-state index contributed by atoms with van der Waals surface area (Å²) in [6.45, 7) is 9.23. The summed E-state index contributed by atoms with van der Waals surface area (Å²) in [7, 11) is 0. The van der Waals surface area contributed by atoms with E-state index in [0.717, 1.165) is 25.2 Å². The number of hydrogen-bond donors (Lipinski definition) is 1. The topological polar surface area (TPSA) is 24.5 Å². The second-order valence-electron chi connectivity index (χ2n) is 5.25. The Morgan fingerprint density at radius 1 is 1.25 bits per heavy atom. The van der Waals surface area contributed by atoms with Crippen LogP contribution in [0.2, 0.25) is 0 Å². The van der Waals surface area contributed by atoms with Crippen LogP contribution in [-0.2, 0) is 4.74 Å². The summed E-state index contributed by atoms with van der Waals surface area (Å²) in [6.07, 6.45) is 5.19. The van der Waals surface area contributed by atoms with Crippen LogP contribution in [0.25, 0.3) is 0 Å². The number of hydrogen-bond acceptors (Lipinski definition) is 3. The Kier molecular flexibility index (Phi) is 5.07. The summed E-state index contributed by atoms with van der Waals surface area (Å²) < 4.78 is 5.40. The first kappa shape index (κ1) is 12.3. The molecule has 0 saturated carbocycles. The third kappa shape index (κ3) is 3.72. The van der Waals surface area contributed by atoms with Gasteiger partial charge in [0, 0.05) is 19.2 Å². The molecule has 0 aromatic carbocycles. The molecule has 3 nitrogen and oxygen atoms in total. The zero-order valence-electron chi connectivity index (χ0n) is 10.6. The van der Waals surface area contributed by atoms with E-state index in [1.54, 1.807) is 0 Å². The van der Waals surface area contributed by atoms with Crippen molar-refractivity contribution in [3.63, 3.8) is 0 Å². The molecule has 1 unspecified atom stereocenters. The number of ether oxygens (including phenoxy) is 1. The number of rotatable bonds is 5. The highest BCUT2D eigenvalue weighted by molar-refractivity contribution is 4.78. The van der Waals surface area contributed by atoms with Crippen molar-refractivity contribution < 1.29 is 4.74 Å². The Hall–Kier alpha value is -0.120. The number of likely N-dealkylation sites (tertiary alicyclic amines) is 1. The van der Waals surface area contributed by atoms with Gasteiger partial charge in [-0.25, -0.2) is 0 Å². The van der Waals surface area contributed by atoms with Crippen molar-refractivity contribution in [1.82, 2.24) is 10.2 Å². The van der Waals surface area contributed by atoms with Gasteiger partial charge in [-0.15, -0.1) is 0 Å². The molecule has 1 atom stereocenters. The van der Waals surface area contributed by atoms with Gasteiger partial charge < -0.3 is 15.0 Å². The van der Waals surface area contributed by atoms with Crippen LogP contribution in [-0.4, -0.2) is 50.3 Å². The highest BCUT2D eigenvalue weighted by atomic mass is 16.5. The third-order valence-electron chi connectivity index (χ3n) is 3.85. The van der Waals surface area contributed by atoms with Gasteiger partial charge in [0.1, 0.15) is 0 Å². The maximum atomic E-state index is 5.40. The van der Waals surface area contributed by atoms with E-state index < -0.39 is 0 Å². The molecule has 2 rings (SSSR count). The lowest BCUT2D eigenvalue weighted by atomic mass is 10.0. The maximum Gasteiger partial charge on any atom is 0.0507 e. The largest absolute Gasteiger partial charge is 0.381 e. The van der Waals surface area contributed by atoms with Crippen molar-refractivity contribution in [1.29, 1.82) is 0 Å². The highest BCUT2D eigenvalue weighted by Gasteiger charge is 2.20. The molecule has 2 saturated heterocycles. The average molecular weight is 226 g/mol. The monoisotopic (exact) mass is 226 g/mol. The standard InChI is InChI=1S/C13H26N2O/c1-2-6-15-7-3-13(4-8-15)14-10-12-5-9-16-11-12/h12-14H,2-11H2,1H3. The molecular weight excluding hydrogens is 200 g/mol. The molecule has 0 bridgehead atoms. The van der Waals surface area contributed by atoms with Gasteiger partial charge in [0.05, 0.1) is 6.61 Å². The Labute approximate surface area is 99.5 Å². The maximum absolute atomic E-state index is 5.40. The van der Waals surface area contributed by atoms with Gasteiger partial charge >= 0.3 is 0 Å². The second kappa shape index (κ2) is 6.58. The molecule has 2 heterocycles. The first-order chi connectivity index (χ1) is 7.88. The lowest BCUT2D eigenvalue weighted by molar-refractivity contribution is 0.177. The van der Waals surface area contributed by atoms with Crippen molar-refractivity contribution in [2.24, 2.45) is 5.92 Å². The van der Waals surface area contributed by atoms with Gasteiger partial charge in [0.2, 0.25) is 0 Å². The van der Waals surface area contributed by atoms with Gasteiger partial charge in [0.15, 0.2) is 0 Å². The number of nitrogens with one attached hydrogen (secondary N) is 1. The smallest absolute Gasteiger partial charge is 0.0507 e. The van der Waals surface area contributed by atoms with Crippen LogP contribution in [0.3, 0.4) is 0 Å². The van der Waals surface area contributed by atoms with Crippen LogP contribution in [0.15, 0.2) is 0 Å². The summed E-state index contributed by atoms with van der Waals surface area (Å²) in [6, 6.07) is 0.758. The first-order valence-electron chi connectivity index (χ1n) is 6.92. The van der Waals surface area contributed by atoms with E-state index in [9.17, 15) is 0 Å². The van der Waals surface area contributed by atoms with Crippen LogP contribution in [0.5, 0.6) is 0 Å². The summed E-state index contributed by atoms with van der Waals surface area (Å²) in [5, 5.41) is 3.72. The van der Waals surface area contributed by atoms with Gasteiger partial charge in [-0.2, -0.15) is 0 Å². The fourth-order valence-corrected chi connectivity index (χ4v) is 2.75. The number of nitrogens with zero attached hydrogens (tertiary/aromatic N) is 1. The van der Waals surface area contributed by atoms with Crippen molar-refractivity contribution in [3.05, 3.63) is 0 Å². The SMILES string of the molecule is CCCN1CCC(NCC2CCOC2)CC1. The fraction of sp³-hybridized carbons (Fsp3) is 1.00. The van der Waals surface area contributed by atoms with Crippen LogP contribution in [0.4, 0.5) is 0 Å². The van der Waals surface area contributed by atoms with E-state index >= 15 is 0 Å². The molecule has 0 amide bonds. The molecule has 0 spiro atoms. The minimum atomic E-state index is 0.758. The Bertz CT molecular complexity index is 184. The normalized spacial score (nSPS) is 28.7. The molecule has 0 radical (unpaired) electrons. The van der Waals surface area contributed by atoms with E-state index in [4.69, 9.17) is 4.74 Å². The summed E-state index contributed by atoms with van der Waals surface area (Å²) in [4.78, 5) is 2.59. The van der Waals surface area contributed by atoms with Crippen LogP contribution in [0, 0.1) is 5.92 Å². The van der Waals surface area contributed by atoms with Crippen molar-refractivity contribution >= 4 is 0 Å². The van der Waals surface area contributed by atoms with Crippen LogP contribution < -0.4 is 5.32 Å². The minimum absolute atomic E-state index is 0.758. The lowest BCUT2D eigenvalue weighted by Gasteiger charge is -2.32. The molecule has 1 N–H and O–H groups in total. The van der Waals surface area contributed by atoms with E-state index in [1.165, 1.54) is 51.9 Å². The quantitative estimate of drug-likeness (QED) is 0.768. The Balaban J connectivity index is 1.57. The van der Waals surface area contributed by atoms with E-state index in [2.05, 4.69) is 17.1 Å². The lowest BCUT2D eigenvalue weighted by Crippen LogP contribution is -2.44. The first-order valence-corrected chi connectivity index (χ1v) is 6.92. The molecule has 94 valence electrons. The summed E-state index contributed by atoms with van der Waals surface area (Å²) in [5.41, 5.74) is 0. The summed E-state index contributed by atoms with van der Waals surface area (Å²) >= 11 is 0. The minimum Gasteiger partial charge on any atom is -0.381 e. The molecule has 16 heavy (non-hydrogen) atoms. The van der Waals surface area contributed by atoms with E-state index in [0.29, 0.717) is 0 Å². The Morgan fingerprint density at radius 3 is 2.69 bits per heavy atom. The van der Waals surface area contributed by atoms with Crippen molar-refractivity contribution in [3.8, 4) is 0 Å². The Morgan fingerprint density at radius 2 is 2.06 bits per heavy atom. The second-order valence-corrected chi connectivity index (χ2v) is 5.25. The van der Waals surface area contributed by atoms with Crippen LogP contribution in [0.1, 0.15) is 32.6 Å². The van der Waals surface area contributed by atoms with Crippen molar-refractivity contribution in [2.75, 3.05) is 39.4 Å².